The SMILES string of the molecule is CCCn1nccc1C1C(N)CCCC(=O)N1C(C)(C)C. The van der Waals surface area contributed by atoms with Crippen molar-refractivity contribution in [2.24, 2.45) is 5.73 Å². The van der Waals surface area contributed by atoms with Crippen LogP contribution in [0.1, 0.15) is 65.1 Å². The average Bonchev–Trinajstić information content (AvgIpc) is 2.76. The maximum atomic E-state index is 12.6. The Balaban J connectivity index is 2.47. The van der Waals surface area contributed by atoms with Gasteiger partial charge in [0.1, 0.15) is 0 Å². The van der Waals surface area contributed by atoms with Gasteiger partial charge >= 0.3 is 0 Å². The van der Waals surface area contributed by atoms with Crippen LogP contribution in [0.3, 0.4) is 0 Å². The van der Waals surface area contributed by atoms with E-state index >= 15 is 0 Å². The predicted molar refractivity (Wildman–Crippen MR) is 83.7 cm³/mol. The molecule has 1 fully saturated rings. The van der Waals surface area contributed by atoms with Crippen molar-refractivity contribution in [3.63, 3.8) is 0 Å². The van der Waals surface area contributed by atoms with Crippen molar-refractivity contribution in [1.29, 1.82) is 0 Å². The molecule has 21 heavy (non-hydrogen) atoms. The Labute approximate surface area is 127 Å². The molecule has 2 unspecified atom stereocenters. The van der Waals surface area contributed by atoms with Gasteiger partial charge in [0.25, 0.3) is 0 Å². The summed E-state index contributed by atoms with van der Waals surface area (Å²) in [5.74, 6) is 0.199. The largest absolute Gasteiger partial charge is 0.328 e. The zero-order chi connectivity index (χ0) is 15.6. The molecule has 0 spiro atoms. The van der Waals surface area contributed by atoms with Crippen molar-refractivity contribution in [3.8, 4) is 0 Å². The molecule has 118 valence electrons. The number of hydrogen-bond acceptors (Lipinski definition) is 3. The lowest BCUT2D eigenvalue weighted by Crippen LogP contribution is -2.52. The number of carbonyl (C=O) groups is 1. The summed E-state index contributed by atoms with van der Waals surface area (Å²) < 4.78 is 2.00. The Kier molecular flexibility index (Phi) is 4.71. The van der Waals surface area contributed by atoms with Crippen LogP contribution in [0.5, 0.6) is 0 Å². The van der Waals surface area contributed by atoms with Gasteiger partial charge < -0.3 is 10.6 Å². The maximum Gasteiger partial charge on any atom is 0.223 e. The predicted octanol–water partition coefficient (Wildman–Crippen LogP) is 2.47. The molecule has 0 bridgehead atoms. The fourth-order valence-electron chi connectivity index (χ4n) is 3.25. The number of nitrogens with zero attached hydrogens (tertiary/aromatic N) is 3. The topological polar surface area (TPSA) is 64.2 Å². The molecule has 0 aromatic carbocycles. The summed E-state index contributed by atoms with van der Waals surface area (Å²) in [5, 5.41) is 4.41. The summed E-state index contributed by atoms with van der Waals surface area (Å²) >= 11 is 0. The molecule has 0 radical (unpaired) electrons. The lowest BCUT2D eigenvalue weighted by Gasteiger charge is -2.43. The molecule has 0 saturated carbocycles. The Morgan fingerprint density at radius 2 is 2.14 bits per heavy atom. The Morgan fingerprint density at radius 3 is 2.76 bits per heavy atom. The van der Waals surface area contributed by atoms with Crippen LogP contribution in [-0.4, -0.2) is 32.2 Å². The van der Waals surface area contributed by atoms with E-state index in [9.17, 15) is 4.79 Å². The third kappa shape index (κ3) is 3.28. The monoisotopic (exact) mass is 292 g/mol. The molecule has 2 heterocycles. The fourth-order valence-corrected chi connectivity index (χ4v) is 3.25. The van der Waals surface area contributed by atoms with Crippen LogP contribution in [0.25, 0.3) is 0 Å². The van der Waals surface area contributed by atoms with Crippen molar-refractivity contribution in [2.45, 2.75) is 77.5 Å². The molecule has 0 aliphatic carbocycles. The smallest absolute Gasteiger partial charge is 0.223 e. The second kappa shape index (κ2) is 6.18. The van der Waals surface area contributed by atoms with Gasteiger partial charge in [0.2, 0.25) is 5.91 Å². The van der Waals surface area contributed by atoms with Gasteiger partial charge in [-0.1, -0.05) is 6.92 Å². The van der Waals surface area contributed by atoms with E-state index in [0.29, 0.717) is 6.42 Å². The second-order valence-electron chi connectivity index (χ2n) is 6.91. The van der Waals surface area contributed by atoms with Gasteiger partial charge in [0.05, 0.1) is 11.7 Å². The van der Waals surface area contributed by atoms with Gasteiger partial charge in [-0.3, -0.25) is 9.48 Å². The van der Waals surface area contributed by atoms with Crippen molar-refractivity contribution >= 4 is 5.91 Å². The summed E-state index contributed by atoms with van der Waals surface area (Å²) in [6, 6.07) is 1.88. The van der Waals surface area contributed by atoms with E-state index in [1.165, 1.54) is 0 Å². The van der Waals surface area contributed by atoms with E-state index in [1.54, 1.807) is 0 Å². The van der Waals surface area contributed by atoms with Crippen molar-refractivity contribution in [3.05, 3.63) is 18.0 Å². The number of aromatic nitrogens is 2. The highest BCUT2D eigenvalue weighted by molar-refractivity contribution is 5.78. The standard InChI is InChI=1S/C16H28N4O/c1-5-11-19-13(9-10-18-19)15-12(17)7-6-8-14(21)20(15)16(2,3)4/h9-10,12,15H,5-8,11,17H2,1-4H3. The highest BCUT2D eigenvalue weighted by Gasteiger charge is 2.40. The van der Waals surface area contributed by atoms with Crippen molar-refractivity contribution < 1.29 is 4.79 Å². The van der Waals surface area contributed by atoms with Crippen LogP contribution in [0, 0.1) is 0 Å². The molecular formula is C16H28N4O. The lowest BCUT2D eigenvalue weighted by atomic mass is 9.95. The summed E-state index contributed by atoms with van der Waals surface area (Å²) in [6.07, 6.45) is 5.16. The summed E-state index contributed by atoms with van der Waals surface area (Å²) in [4.78, 5) is 14.6. The van der Waals surface area contributed by atoms with Crippen molar-refractivity contribution in [2.75, 3.05) is 0 Å². The first-order valence-corrected chi connectivity index (χ1v) is 7.95. The number of hydrogen-bond donors (Lipinski definition) is 1. The molecule has 2 rings (SSSR count). The summed E-state index contributed by atoms with van der Waals surface area (Å²) in [6.45, 7) is 9.23. The Bertz CT molecular complexity index is 489. The first kappa shape index (κ1) is 16.0. The van der Waals surface area contributed by atoms with Crippen LogP contribution >= 0.6 is 0 Å². The zero-order valence-electron chi connectivity index (χ0n) is 13.7. The molecule has 2 N–H and O–H groups in total. The molecule has 2 atom stereocenters. The number of nitrogens with two attached hydrogens (primary N) is 1. The minimum atomic E-state index is -0.245. The third-order valence-electron chi connectivity index (χ3n) is 4.09. The van der Waals surface area contributed by atoms with E-state index in [4.69, 9.17) is 5.73 Å². The highest BCUT2D eigenvalue weighted by atomic mass is 16.2. The molecule has 1 aromatic rings. The second-order valence-corrected chi connectivity index (χ2v) is 6.91. The molecule has 1 aliphatic heterocycles. The Morgan fingerprint density at radius 1 is 1.43 bits per heavy atom. The van der Waals surface area contributed by atoms with E-state index in [-0.39, 0.29) is 23.5 Å². The normalized spacial score (nSPS) is 24.2. The molecular weight excluding hydrogens is 264 g/mol. The number of rotatable bonds is 3. The summed E-state index contributed by atoms with van der Waals surface area (Å²) in [5.41, 5.74) is 7.27. The molecule has 1 aromatic heterocycles. The first-order valence-electron chi connectivity index (χ1n) is 7.95. The maximum absolute atomic E-state index is 12.6. The van der Waals surface area contributed by atoms with Gasteiger partial charge in [-0.15, -0.1) is 0 Å². The van der Waals surface area contributed by atoms with Crippen LogP contribution in [0.4, 0.5) is 0 Å². The van der Waals surface area contributed by atoms with E-state index < -0.39 is 0 Å². The van der Waals surface area contributed by atoms with Crippen LogP contribution in [0.2, 0.25) is 0 Å². The number of carbonyl (C=O) groups excluding carboxylic acids is 1. The third-order valence-corrected chi connectivity index (χ3v) is 4.09. The minimum absolute atomic E-state index is 0.0389. The van der Waals surface area contributed by atoms with Gasteiger partial charge in [-0.25, -0.2) is 0 Å². The number of likely N-dealkylation sites (tertiary alicyclic amines) is 1. The molecule has 1 saturated heterocycles. The molecule has 1 amide bonds. The molecule has 5 nitrogen and oxygen atoms in total. The van der Waals surface area contributed by atoms with E-state index in [0.717, 1.165) is 31.5 Å². The zero-order valence-corrected chi connectivity index (χ0v) is 13.7. The average molecular weight is 292 g/mol. The van der Waals surface area contributed by atoms with Gasteiger partial charge in [0.15, 0.2) is 0 Å². The molecule has 1 aliphatic rings. The fraction of sp³-hybridized carbons (Fsp3) is 0.750. The van der Waals surface area contributed by atoms with Crippen molar-refractivity contribution in [1.82, 2.24) is 14.7 Å². The summed E-state index contributed by atoms with van der Waals surface area (Å²) in [7, 11) is 0. The quantitative estimate of drug-likeness (QED) is 0.931. The minimum Gasteiger partial charge on any atom is -0.328 e. The van der Waals surface area contributed by atoms with Gasteiger partial charge in [-0.05, 0) is 46.1 Å². The highest BCUT2D eigenvalue weighted by Crippen LogP contribution is 2.35. The van der Waals surface area contributed by atoms with Crippen LogP contribution in [0.15, 0.2) is 12.3 Å². The van der Waals surface area contributed by atoms with Gasteiger partial charge in [0, 0.05) is 30.7 Å². The number of aryl methyl sites for hydroxylation is 1. The number of amides is 1. The Hall–Kier alpha value is -1.36. The molecule has 5 heteroatoms. The van der Waals surface area contributed by atoms with Gasteiger partial charge in [-0.2, -0.15) is 5.10 Å². The van der Waals surface area contributed by atoms with E-state index in [1.807, 2.05) is 21.8 Å². The van der Waals surface area contributed by atoms with Crippen LogP contribution < -0.4 is 5.73 Å². The lowest BCUT2D eigenvalue weighted by molar-refractivity contribution is -0.139. The van der Waals surface area contributed by atoms with Crippen LogP contribution in [-0.2, 0) is 11.3 Å². The van der Waals surface area contributed by atoms with E-state index in [2.05, 4.69) is 32.8 Å². The first-order chi connectivity index (χ1) is 9.86.